The van der Waals surface area contributed by atoms with Gasteiger partial charge in [0.25, 0.3) is 0 Å². The first-order valence-corrected chi connectivity index (χ1v) is 7.20. The summed E-state index contributed by atoms with van der Waals surface area (Å²) in [4.78, 5) is 16.3. The second kappa shape index (κ2) is 8.42. The molecule has 0 saturated heterocycles. The molecule has 0 saturated carbocycles. The number of hydrogen-bond acceptors (Lipinski definition) is 4. The topological polar surface area (TPSA) is 70.9 Å². The lowest BCUT2D eigenvalue weighted by Gasteiger charge is -2.13. The number of likely N-dealkylation sites (N-methyl/N-ethyl adjacent to an activating group) is 1. The molecule has 5 nitrogen and oxygen atoms in total. The van der Waals surface area contributed by atoms with Crippen LogP contribution in [-0.2, 0) is 16.1 Å². The van der Waals surface area contributed by atoms with E-state index < -0.39 is 12.0 Å². The maximum absolute atomic E-state index is 11.1. The number of rotatable bonds is 8. The first-order chi connectivity index (χ1) is 9.93. The maximum Gasteiger partial charge on any atom is 0.321 e. The van der Waals surface area contributed by atoms with Crippen LogP contribution in [-0.4, -0.2) is 35.5 Å². The van der Waals surface area contributed by atoms with Gasteiger partial charge < -0.3 is 15.3 Å². The highest BCUT2D eigenvalue weighted by molar-refractivity contribution is 5.98. The third-order valence-corrected chi connectivity index (χ3v) is 2.96. The van der Waals surface area contributed by atoms with Crippen molar-refractivity contribution in [3.63, 3.8) is 0 Å². The molecule has 0 fully saturated rings. The van der Waals surface area contributed by atoms with E-state index in [0.29, 0.717) is 13.0 Å². The molecule has 1 unspecified atom stereocenters. The quantitative estimate of drug-likeness (QED) is 0.570. The molecule has 5 heteroatoms. The van der Waals surface area contributed by atoms with E-state index in [2.05, 4.69) is 10.5 Å². The number of carbonyl (C=O) groups is 1. The van der Waals surface area contributed by atoms with Crippen LogP contribution in [0.4, 0.5) is 0 Å². The molecular formula is C16H24N2O3. The van der Waals surface area contributed by atoms with Crippen molar-refractivity contribution >= 4 is 11.7 Å². The number of aliphatic carboxylic acids is 1. The highest BCUT2D eigenvalue weighted by Crippen LogP contribution is 2.09. The van der Waals surface area contributed by atoms with Gasteiger partial charge in [-0.3, -0.25) is 4.79 Å². The number of nitrogens with zero attached hydrogens (tertiary/aromatic N) is 1. The summed E-state index contributed by atoms with van der Waals surface area (Å²) < 4.78 is 0. The van der Waals surface area contributed by atoms with Gasteiger partial charge in [0.2, 0.25) is 0 Å². The number of carboxylic acids is 1. The molecule has 0 spiro atoms. The van der Waals surface area contributed by atoms with Crippen molar-refractivity contribution in [2.75, 3.05) is 6.54 Å². The third kappa shape index (κ3) is 5.95. The SMILES string of the molecule is CCNC(Cc1ccc(/C(C)=N\OC(C)C)cc1)C(=O)O. The minimum absolute atomic E-state index is 0.0515. The van der Waals surface area contributed by atoms with Crippen LogP contribution in [0.2, 0.25) is 0 Å². The minimum Gasteiger partial charge on any atom is -0.480 e. The Hall–Kier alpha value is -1.88. The average Bonchev–Trinajstić information content (AvgIpc) is 2.45. The fourth-order valence-corrected chi connectivity index (χ4v) is 1.85. The van der Waals surface area contributed by atoms with Crippen molar-refractivity contribution in [2.24, 2.45) is 5.16 Å². The first-order valence-electron chi connectivity index (χ1n) is 7.20. The van der Waals surface area contributed by atoms with E-state index in [1.54, 1.807) is 0 Å². The van der Waals surface area contributed by atoms with Gasteiger partial charge in [-0.15, -0.1) is 0 Å². The highest BCUT2D eigenvalue weighted by Gasteiger charge is 2.16. The Morgan fingerprint density at radius 3 is 2.43 bits per heavy atom. The molecule has 1 aromatic carbocycles. The summed E-state index contributed by atoms with van der Waals surface area (Å²) in [7, 11) is 0. The molecule has 0 aliphatic carbocycles. The zero-order valence-corrected chi connectivity index (χ0v) is 13.1. The summed E-state index contributed by atoms with van der Waals surface area (Å²) >= 11 is 0. The normalized spacial score (nSPS) is 13.3. The monoisotopic (exact) mass is 292 g/mol. The Morgan fingerprint density at radius 1 is 1.33 bits per heavy atom. The molecule has 1 atom stereocenters. The van der Waals surface area contributed by atoms with Crippen LogP contribution >= 0.6 is 0 Å². The first kappa shape index (κ1) is 17.2. The summed E-state index contributed by atoms with van der Waals surface area (Å²) in [6.07, 6.45) is 0.512. The van der Waals surface area contributed by atoms with Crippen molar-refractivity contribution < 1.29 is 14.7 Å². The Kier molecular flexibility index (Phi) is 6.88. The average molecular weight is 292 g/mol. The van der Waals surface area contributed by atoms with Gasteiger partial charge in [-0.05, 0) is 44.9 Å². The predicted molar refractivity (Wildman–Crippen MR) is 83.7 cm³/mol. The molecule has 0 aromatic heterocycles. The summed E-state index contributed by atoms with van der Waals surface area (Å²) in [6.45, 7) is 8.26. The van der Waals surface area contributed by atoms with Crippen molar-refractivity contribution in [1.82, 2.24) is 5.32 Å². The zero-order chi connectivity index (χ0) is 15.8. The van der Waals surface area contributed by atoms with Crippen molar-refractivity contribution in [3.8, 4) is 0 Å². The third-order valence-electron chi connectivity index (χ3n) is 2.96. The summed E-state index contributed by atoms with van der Waals surface area (Å²) in [5.41, 5.74) is 2.75. The number of hydrogen-bond donors (Lipinski definition) is 2. The lowest BCUT2D eigenvalue weighted by molar-refractivity contribution is -0.139. The van der Waals surface area contributed by atoms with Gasteiger partial charge in [0.05, 0.1) is 5.71 Å². The number of nitrogens with one attached hydrogen (secondary N) is 1. The number of benzene rings is 1. The van der Waals surface area contributed by atoms with Gasteiger partial charge in [-0.25, -0.2) is 0 Å². The van der Waals surface area contributed by atoms with E-state index in [1.165, 1.54) is 0 Å². The fourth-order valence-electron chi connectivity index (χ4n) is 1.85. The smallest absolute Gasteiger partial charge is 0.321 e. The van der Waals surface area contributed by atoms with Crippen LogP contribution in [0.15, 0.2) is 29.4 Å². The molecule has 1 rings (SSSR count). The molecular weight excluding hydrogens is 268 g/mol. The van der Waals surface area contributed by atoms with Crippen molar-refractivity contribution in [1.29, 1.82) is 0 Å². The number of oxime groups is 1. The van der Waals surface area contributed by atoms with E-state index >= 15 is 0 Å². The van der Waals surface area contributed by atoms with E-state index in [1.807, 2.05) is 52.0 Å². The van der Waals surface area contributed by atoms with Crippen molar-refractivity contribution in [3.05, 3.63) is 35.4 Å². The molecule has 0 aliphatic heterocycles. The van der Waals surface area contributed by atoms with Crippen LogP contribution in [0, 0.1) is 0 Å². The Morgan fingerprint density at radius 2 is 1.95 bits per heavy atom. The molecule has 0 amide bonds. The Labute approximate surface area is 126 Å². The molecule has 0 bridgehead atoms. The van der Waals surface area contributed by atoms with Gasteiger partial charge in [-0.1, -0.05) is 36.3 Å². The molecule has 2 N–H and O–H groups in total. The van der Waals surface area contributed by atoms with Crippen LogP contribution in [0.25, 0.3) is 0 Å². The van der Waals surface area contributed by atoms with Crippen LogP contribution in [0.3, 0.4) is 0 Å². The van der Waals surface area contributed by atoms with Crippen LogP contribution in [0.5, 0.6) is 0 Å². The van der Waals surface area contributed by atoms with Crippen LogP contribution < -0.4 is 5.32 Å². The lowest BCUT2D eigenvalue weighted by Crippen LogP contribution is -2.38. The standard InChI is InChI=1S/C16H24N2O3/c1-5-17-15(16(19)20)10-13-6-8-14(9-7-13)12(4)18-21-11(2)3/h6-9,11,15,17H,5,10H2,1-4H3,(H,19,20)/b18-12-. The van der Waals surface area contributed by atoms with E-state index in [4.69, 9.17) is 9.94 Å². The second-order valence-corrected chi connectivity index (χ2v) is 5.18. The molecule has 0 radical (unpaired) electrons. The van der Waals surface area contributed by atoms with Crippen LogP contribution in [0.1, 0.15) is 38.8 Å². The van der Waals surface area contributed by atoms with Gasteiger partial charge in [0.15, 0.2) is 0 Å². The lowest BCUT2D eigenvalue weighted by atomic mass is 10.0. The van der Waals surface area contributed by atoms with E-state index in [0.717, 1.165) is 16.8 Å². The Bertz CT molecular complexity index is 481. The number of carboxylic acid groups (broad SMARTS) is 1. The molecule has 0 aliphatic rings. The molecule has 116 valence electrons. The summed E-state index contributed by atoms with van der Waals surface area (Å²) in [5, 5.41) is 16.1. The largest absolute Gasteiger partial charge is 0.480 e. The molecule has 21 heavy (non-hydrogen) atoms. The predicted octanol–water partition coefficient (Wildman–Crippen LogP) is 2.44. The second-order valence-electron chi connectivity index (χ2n) is 5.18. The Balaban J connectivity index is 2.73. The van der Waals surface area contributed by atoms with Gasteiger partial charge in [0.1, 0.15) is 12.1 Å². The fraction of sp³-hybridized carbons (Fsp3) is 0.500. The van der Waals surface area contributed by atoms with Crippen molar-refractivity contribution in [2.45, 2.75) is 46.3 Å². The minimum atomic E-state index is -0.830. The molecule has 1 aromatic rings. The van der Waals surface area contributed by atoms with E-state index in [-0.39, 0.29) is 6.10 Å². The van der Waals surface area contributed by atoms with Gasteiger partial charge >= 0.3 is 5.97 Å². The van der Waals surface area contributed by atoms with Gasteiger partial charge in [-0.2, -0.15) is 0 Å². The summed E-state index contributed by atoms with van der Waals surface area (Å²) in [5.74, 6) is -0.830. The van der Waals surface area contributed by atoms with Gasteiger partial charge in [0, 0.05) is 0 Å². The molecule has 0 heterocycles. The summed E-state index contributed by atoms with van der Waals surface area (Å²) in [6, 6.07) is 7.17. The van der Waals surface area contributed by atoms with E-state index in [9.17, 15) is 4.79 Å². The highest BCUT2D eigenvalue weighted by atomic mass is 16.6. The maximum atomic E-state index is 11.1. The zero-order valence-electron chi connectivity index (χ0n) is 13.1.